The second-order valence-electron chi connectivity index (χ2n) is 5.71. The summed E-state index contributed by atoms with van der Waals surface area (Å²) in [4.78, 5) is 12.2. The van der Waals surface area contributed by atoms with Crippen molar-refractivity contribution in [3.05, 3.63) is 28.3 Å². The van der Waals surface area contributed by atoms with Crippen molar-refractivity contribution in [1.29, 1.82) is 0 Å². The fourth-order valence-corrected chi connectivity index (χ4v) is 3.30. The zero-order valence-electron chi connectivity index (χ0n) is 13.2. The Labute approximate surface area is 149 Å². The molecule has 0 atom stereocenters. The highest BCUT2D eigenvalue weighted by atomic mass is 79.9. The summed E-state index contributed by atoms with van der Waals surface area (Å²) in [6, 6.07) is 0. The van der Waals surface area contributed by atoms with Crippen LogP contribution in [0.25, 0.3) is 0 Å². The zero-order valence-corrected chi connectivity index (χ0v) is 14.8. The Morgan fingerprint density at radius 2 is 2.20 bits per heavy atom. The van der Waals surface area contributed by atoms with Crippen LogP contribution in [0.2, 0.25) is 0 Å². The number of carbonyl (C=O) groups is 1. The van der Waals surface area contributed by atoms with Crippen LogP contribution < -0.4 is 5.32 Å². The highest BCUT2D eigenvalue weighted by molar-refractivity contribution is 9.10. The third-order valence-corrected chi connectivity index (χ3v) is 4.42. The van der Waals surface area contributed by atoms with Gasteiger partial charge in [0.25, 0.3) is 0 Å². The van der Waals surface area contributed by atoms with E-state index in [0.717, 1.165) is 17.5 Å². The number of aromatic nitrogens is 4. The second-order valence-corrected chi connectivity index (χ2v) is 6.50. The van der Waals surface area contributed by atoms with Crippen molar-refractivity contribution in [1.82, 2.24) is 19.6 Å². The van der Waals surface area contributed by atoms with Gasteiger partial charge in [0.05, 0.1) is 28.2 Å². The van der Waals surface area contributed by atoms with Gasteiger partial charge in [0.15, 0.2) is 5.69 Å². The normalized spacial score (nSPS) is 14.8. The molecule has 2 aromatic rings. The number of carbonyl (C=O) groups excluding carboxylic acids is 1. The molecule has 0 spiro atoms. The van der Waals surface area contributed by atoms with E-state index in [9.17, 15) is 18.0 Å². The molecule has 1 aliphatic carbocycles. The van der Waals surface area contributed by atoms with Gasteiger partial charge in [-0.15, -0.1) is 0 Å². The third-order valence-electron chi connectivity index (χ3n) is 3.64. The van der Waals surface area contributed by atoms with Crippen molar-refractivity contribution in [2.24, 2.45) is 0 Å². The zero-order chi connectivity index (χ0) is 18.2. The number of ether oxygens (including phenoxy) is 1. The molecular formula is C14H15BrF3N5O2. The maximum atomic E-state index is 13.1. The summed E-state index contributed by atoms with van der Waals surface area (Å²) in [5, 5.41) is 10.2. The van der Waals surface area contributed by atoms with Gasteiger partial charge in [-0.1, -0.05) is 0 Å². The Morgan fingerprint density at radius 1 is 1.48 bits per heavy atom. The van der Waals surface area contributed by atoms with Crippen LogP contribution in [-0.2, 0) is 29.0 Å². The lowest BCUT2D eigenvalue weighted by atomic mass is 10.2. The molecule has 1 aliphatic rings. The van der Waals surface area contributed by atoms with Gasteiger partial charge in [0.2, 0.25) is 5.91 Å². The lowest BCUT2D eigenvalue weighted by Crippen LogP contribution is -2.21. The minimum absolute atomic E-state index is 0.00442. The van der Waals surface area contributed by atoms with Crippen LogP contribution in [0.3, 0.4) is 0 Å². The summed E-state index contributed by atoms with van der Waals surface area (Å²) in [6.45, 7) is -0.0846. The lowest BCUT2D eigenvalue weighted by Gasteiger charge is -2.07. The highest BCUT2D eigenvalue weighted by Gasteiger charge is 2.41. The molecule has 1 fully saturated rings. The molecule has 2 heterocycles. The molecule has 0 saturated heterocycles. The average molecular weight is 422 g/mol. The quantitative estimate of drug-likeness (QED) is 0.777. The summed E-state index contributed by atoms with van der Waals surface area (Å²) >= 11 is 2.99. The number of anilines is 1. The Bertz CT molecular complexity index is 782. The molecule has 1 amide bonds. The van der Waals surface area contributed by atoms with Crippen LogP contribution in [0.5, 0.6) is 0 Å². The van der Waals surface area contributed by atoms with Crippen LogP contribution in [0.4, 0.5) is 18.9 Å². The molecule has 25 heavy (non-hydrogen) atoms. The molecule has 0 radical (unpaired) electrons. The molecule has 1 N–H and O–H groups in total. The third kappa shape index (κ3) is 4.03. The van der Waals surface area contributed by atoms with Gasteiger partial charge < -0.3 is 10.1 Å². The predicted octanol–water partition coefficient (Wildman–Crippen LogP) is 2.98. The van der Waals surface area contributed by atoms with Gasteiger partial charge in [-0.05, 0) is 28.8 Å². The number of halogens is 4. The van der Waals surface area contributed by atoms with Crippen molar-refractivity contribution in [3.63, 3.8) is 0 Å². The molecule has 136 valence electrons. The summed E-state index contributed by atoms with van der Waals surface area (Å²) in [7, 11) is 1.51. The fraction of sp³-hybridized carbons (Fsp3) is 0.500. The number of alkyl halides is 3. The minimum Gasteiger partial charge on any atom is -0.362 e. The number of hydrogen-bond acceptors (Lipinski definition) is 4. The van der Waals surface area contributed by atoms with Gasteiger partial charge in [0.1, 0.15) is 13.3 Å². The lowest BCUT2D eigenvalue weighted by molar-refractivity contribution is -0.142. The number of hydrogen-bond donors (Lipinski definition) is 1. The van der Waals surface area contributed by atoms with Crippen LogP contribution in [-0.4, -0.2) is 32.6 Å². The Hall–Kier alpha value is -1.88. The summed E-state index contributed by atoms with van der Waals surface area (Å²) in [6.07, 6.45) is -0.0201. The molecule has 0 aliphatic heterocycles. The highest BCUT2D eigenvalue weighted by Crippen LogP contribution is 2.46. The maximum absolute atomic E-state index is 13.1. The molecule has 1 saturated carbocycles. The van der Waals surface area contributed by atoms with Gasteiger partial charge in [-0.3, -0.25) is 9.48 Å². The number of nitrogens with one attached hydrogen (secondary N) is 1. The average Bonchev–Trinajstić information content (AvgIpc) is 3.15. The first-order chi connectivity index (χ1) is 11.8. The fourth-order valence-electron chi connectivity index (χ4n) is 2.47. The molecule has 11 heteroatoms. The standard InChI is InChI=1S/C14H15BrF3N5O2/c1-25-7-22-5-9(4-19-22)20-10(24)6-23-12(8-2-3-8)11(15)13(21-23)14(16,17)18/h4-5,8H,2-3,6-7H2,1H3,(H,20,24). The monoisotopic (exact) mass is 421 g/mol. The Balaban J connectivity index is 1.76. The maximum Gasteiger partial charge on any atom is 0.436 e. The van der Waals surface area contributed by atoms with E-state index in [4.69, 9.17) is 4.74 Å². The van der Waals surface area contributed by atoms with Gasteiger partial charge >= 0.3 is 6.18 Å². The van der Waals surface area contributed by atoms with E-state index in [-0.39, 0.29) is 23.7 Å². The van der Waals surface area contributed by atoms with Crippen molar-refractivity contribution in [2.75, 3.05) is 12.4 Å². The first-order valence-electron chi connectivity index (χ1n) is 7.44. The molecule has 0 aromatic carbocycles. The Kier molecular flexibility index (Phi) is 4.87. The van der Waals surface area contributed by atoms with E-state index in [1.807, 2.05) is 0 Å². The topological polar surface area (TPSA) is 74.0 Å². The van der Waals surface area contributed by atoms with Crippen molar-refractivity contribution < 1.29 is 22.7 Å². The largest absolute Gasteiger partial charge is 0.436 e. The van der Waals surface area contributed by atoms with Crippen molar-refractivity contribution in [2.45, 2.75) is 38.2 Å². The molecule has 0 bridgehead atoms. The van der Waals surface area contributed by atoms with Gasteiger partial charge in [0, 0.05) is 13.0 Å². The minimum atomic E-state index is -4.58. The first kappa shape index (κ1) is 17.9. The van der Waals surface area contributed by atoms with E-state index < -0.39 is 17.8 Å². The van der Waals surface area contributed by atoms with Crippen LogP contribution >= 0.6 is 15.9 Å². The molecule has 2 aromatic heterocycles. The first-order valence-corrected chi connectivity index (χ1v) is 8.23. The number of nitrogens with zero attached hydrogens (tertiary/aromatic N) is 4. The SMILES string of the molecule is COCn1cc(NC(=O)Cn2nc(C(F)(F)F)c(Br)c2C2CC2)cn1. The summed E-state index contributed by atoms with van der Waals surface area (Å²) in [5.74, 6) is -0.488. The molecule has 7 nitrogen and oxygen atoms in total. The van der Waals surface area contributed by atoms with Crippen molar-refractivity contribution in [3.8, 4) is 0 Å². The van der Waals surface area contributed by atoms with E-state index in [2.05, 4.69) is 31.4 Å². The molecule has 3 rings (SSSR count). The summed E-state index contributed by atoms with van der Waals surface area (Å²) in [5.41, 5.74) is -0.162. The van der Waals surface area contributed by atoms with Crippen LogP contribution in [0.15, 0.2) is 16.9 Å². The number of rotatable bonds is 6. The van der Waals surface area contributed by atoms with E-state index in [1.165, 1.54) is 18.0 Å². The Morgan fingerprint density at radius 3 is 2.80 bits per heavy atom. The number of amides is 1. The van der Waals surface area contributed by atoms with Crippen LogP contribution in [0.1, 0.15) is 30.1 Å². The smallest absolute Gasteiger partial charge is 0.362 e. The van der Waals surface area contributed by atoms with Gasteiger partial charge in [-0.2, -0.15) is 23.4 Å². The van der Waals surface area contributed by atoms with E-state index in [0.29, 0.717) is 11.4 Å². The van der Waals surface area contributed by atoms with Gasteiger partial charge in [-0.25, -0.2) is 4.68 Å². The molecular weight excluding hydrogens is 407 g/mol. The molecule has 0 unspecified atom stereocenters. The van der Waals surface area contributed by atoms with Crippen molar-refractivity contribution >= 4 is 27.5 Å². The van der Waals surface area contributed by atoms with E-state index >= 15 is 0 Å². The summed E-state index contributed by atoms with van der Waals surface area (Å²) < 4.78 is 46.6. The second kappa shape index (κ2) is 6.79. The van der Waals surface area contributed by atoms with Crippen LogP contribution in [0, 0.1) is 0 Å². The number of methoxy groups -OCH3 is 1. The predicted molar refractivity (Wildman–Crippen MR) is 84.8 cm³/mol. The van der Waals surface area contributed by atoms with E-state index in [1.54, 1.807) is 6.20 Å².